The predicted octanol–water partition coefficient (Wildman–Crippen LogP) is 0.919. The first-order valence-corrected chi connectivity index (χ1v) is 11.1. The molecule has 0 aromatic heterocycles. The van der Waals surface area contributed by atoms with Gasteiger partial charge in [-0.2, -0.15) is 0 Å². The van der Waals surface area contributed by atoms with E-state index in [9.17, 15) is 24.9 Å². The Kier molecular flexibility index (Phi) is 4.28. The molecule has 2 aliphatic heterocycles. The number of hydrogen-bond acceptors (Lipinski definition) is 8. The number of aliphatic hydroxyl groups excluding tert-OH is 2. The maximum atomic E-state index is 13.8. The number of rotatable bonds is 2. The first-order chi connectivity index (χ1) is 14.4. The van der Waals surface area contributed by atoms with E-state index in [0.717, 1.165) is 12.8 Å². The van der Waals surface area contributed by atoms with Crippen LogP contribution in [0.25, 0.3) is 0 Å². The maximum absolute atomic E-state index is 13.8. The largest absolute Gasteiger partial charge is 0.462 e. The first-order valence-electron chi connectivity index (χ1n) is 11.1. The molecule has 2 heterocycles. The Balaban J connectivity index is 1.84. The zero-order valence-electron chi connectivity index (χ0n) is 18.5. The van der Waals surface area contributed by atoms with Gasteiger partial charge in [-0.25, -0.2) is 0 Å². The van der Waals surface area contributed by atoms with E-state index in [-0.39, 0.29) is 12.0 Å². The van der Waals surface area contributed by atoms with E-state index in [1.165, 1.54) is 14.0 Å². The van der Waals surface area contributed by atoms with Crippen LogP contribution in [0.15, 0.2) is 12.2 Å². The number of carbonyl (C=O) groups excluding carboxylic acids is 2. The second kappa shape index (κ2) is 6.17. The van der Waals surface area contributed by atoms with Crippen LogP contribution < -0.4 is 0 Å². The Morgan fingerprint density at radius 1 is 1.19 bits per heavy atom. The second-order valence-electron chi connectivity index (χ2n) is 10.9. The minimum Gasteiger partial charge on any atom is -0.462 e. The molecule has 8 nitrogen and oxygen atoms in total. The van der Waals surface area contributed by atoms with Gasteiger partial charge in [0, 0.05) is 37.2 Å². The van der Waals surface area contributed by atoms with Crippen LogP contribution in [0.4, 0.5) is 0 Å². The standard InChI is InChI=1S/C23H32O8/c1-10-12-9-13(30-11(2)24)14-21-8-6-7-20(3,4)15(21)18(27)23(28,31-19(21)29-5)22(14,16(10)25)17(12)26/h12-15,17-19,26-28H,1,6-9H2,2-5H3/t12-,13-,14-,15+,17+,18-,19-,21+,22-,23-/m0/s1. The molecule has 8 heteroatoms. The van der Waals surface area contributed by atoms with Gasteiger partial charge >= 0.3 is 5.97 Å². The fourth-order valence-electron chi connectivity index (χ4n) is 8.60. The third-order valence-corrected chi connectivity index (χ3v) is 9.31. The van der Waals surface area contributed by atoms with E-state index < -0.39 is 76.1 Å². The molecule has 0 amide bonds. The van der Waals surface area contributed by atoms with Gasteiger partial charge in [-0.1, -0.05) is 26.8 Å². The van der Waals surface area contributed by atoms with E-state index in [1.807, 2.05) is 13.8 Å². The average molecular weight is 437 g/mol. The monoisotopic (exact) mass is 436 g/mol. The maximum Gasteiger partial charge on any atom is 0.302 e. The number of ketones is 1. The molecule has 0 radical (unpaired) electrons. The lowest BCUT2D eigenvalue weighted by atomic mass is 9.35. The highest BCUT2D eigenvalue weighted by Crippen LogP contribution is 2.78. The predicted molar refractivity (Wildman–Crippen MR) is 106 cm³/mol. The molecular weight excluding hydrogens is 404 g/mol. The number of aliphatic hydroxyl groups is 3. The lowest BCUT2D eigenvalue weighted by Gasteiger charge is -2.75. The second-order valence-corrected chi connectivity index (χ2v) is 10.9. The van der Waals surface area contributed by atoms with Gasteiger partial charge < -0.3 is 29.5 Å². The van der Waals surface area contributed by atoms with Crippen molar-refractivity contribution in [1.29, 1.82) is 0 Å². The van der Waals surface area contributed by atoms with Crippen LogP contribution in [-0.4, -0.2) is 64.6 Å². The SMILES string of the molecule is C=C1C(=O)[C@]23[C@H](O)[C@H]1C[C@H](OC(C)=O)[C@H]2[C@]12CCCC(C)(C)[C@H]1[C@H](O)[C@]3(O)O[C@@H]2OC. The van der Waals surface area contributed by atoms with Crippen molar-refractivity contribution in [2.75, 3.05) is 7.11 Å². The summed E-state index contributed by atoms with van der Waals surface area (Å²) in [5, 5.41) is 35.1. The number of methoxy groups -OCH3 is 1. The number of carbonyl (C=O) groups is 2. The molecule has 4 bridgehead atoms. The van der Waals surface area contributed by atoms with Crippen molar-refractivity contribution >= 4 is 11.8 Å². The topological polar surface area (TPSA) is 123 Å². The van der Waals surface area contributed by atoms with Gasteiger partial charge in [-0.05, 0) is 30.3 Å². The first kappa shape index (κ1) is 21.5. The van der Waals surface area contributed by atoms with Crippen LogP contribution in [-0.2, 0) is 23.8 Å². The highest BCUT2D eigenvalue weighted by atomic mass is 16.8. The number of fused-ring (bicyclic) bond motifs is 2. The van der Waals surface area contributed by atoms with Crippen LogP contribution in [0.3, 0.4) is 0 Å². The Hall–Kier alpha value is -1.32. The molecule has 2 saturated heterocycles. The summed E-state index contributed by atoms with van der Waals surface area (Å²) in [6, 6.07) is 0. The van der Waals surface area contributed by atoms with Crippen molar-refractivity contribution in [2.45, 2.75) is 76.8 Å². The highest BCUT2D eigenvalue weighted by Gasteiger charge is 2.89. The lowest BCUT2D eigenvalue weighted by molar-refractivity contribution is -0.506. The minimum atomic E-state index is -2.40. The van der Waals surface area contributed by atoms with Crippen molar-refractivity contribution in [2.24, 2.45) is 34.0 Å². The molecular formula is C23H32O8. The van der Waals surface area contributed by atoms with Crippen LogP contribution in [0.5, 0.6) is 0 Å². The molecule has 6 fully saturated rings. The van der Waals surface area contributed by atoms with E-state index in [1.54, 1.807) is 0 Å². The molecule has 0 aromatic carbocycles. The van der Waals surface area contributed by atoms with Gasteiger partial charge in [0.05, 0.1) is 6.10 Å². The quantitative estimate of drug-likeness (QED) is 0.431. The number of Topliss-reactive ketones (excluding diaryl/α,β-unsaturated/α-hetero) is 1. The molecule has 0 unspecified atom stereocenters. The fraction of sp³-hybridized carbons (Fsp3) is 0.826. The summed E-state index contributed by atoms with van der Waals surface area (Å²) in [7, 11) is 1.47. The lowest BCUT2D eigenvalue weighted by Crippen LogP contribution is -2.87. The third kappa shape index (κ3) is 2.10. The Morgan fingerprint density at radius 2 is 1.87 bits per heavy atom. The summed E-state index contributed by atoms with van der Waals surface area (Å²) in [4.78, 5) is 25.8. The van der Waals surface area contributed by atoms with E-state index in [2.05, 4.69) is 6.58 Å². The molecule has 4 saturated carbocycles. The van der Waals surface area contributed by atoms with Crippen molar-refractivity contribution in [3.63, 3.8) is 0 Å². The molecule has 3 N–H and O–H groups in total. The molecule has 10 atom stereocenters. The number of ether oxygens (including phenoxy) is 3. The van der Waals surface area contributed by atoms with Crippen LogP contribution in [0, 0.1) is 34.0 Å². The number of hydrogen-bond donors (Lipinski definition) is 3. The van der Waals surface area contributed by atoms with Gasteiger partial charge in [0.1, 0.15) is 17.6 Å². The molecule has 2 spiro atoms. The van der Waals surface area contributed by atoms with Gasteiger partial charge in [-0.3, -0.25) is 9.59 Å². The van der Waals surface area contributed by atoms with Crippen LogP contribution in [0.1, 0.15) is 46.5 Å². The molecule has 172 valence electrons. The molecule has 0 aromatic rings. The van der Waals surface area contributed by atoms with E-state index >= 15 is 0 Å². The fourth-order valence-corrected chi connectivity index (χ4v) is 8.60. The van der Waals surface area contributed by atoms with Crippen molar-refractivity contribution in [1.82, 2.24) is 0 Å². The smallest absolute Gasteiger partial charge is 0.302 e. The molecule has 6 rings (SSSR count). The summed E-state index contributed by atoms with van der Waals surface area (Å²) < 4.78 is 17.6. The van der Waals surface area contributed by atoms with Crippen LogP contribution in [0.2, 0.25) is 0 Å². The summed E-state index contributed by atoms with van der Waals surface area (Å²) in [6.45, 7) is 9.28. The Bertz CT molecular complexity index is 868. The average Bonchev–Trinajstić information content (AvgIpc) is 2.79. The molecule has 6 aliphatic rings. The van der Waals surface area contributed by atoms with Crippen molar-refractivity contribution in [3.8, 4) is 0 Å². The summed E-state index contributed by atoms with van der Waals surface area (Å²) in [6.07, 6.45) is -2.02. The van der Waals surface area contributed by atoms with Gasteiger partial charge in [0.15, 0.2) is 12.1 Å². The number of esters is 1. The minimum absolute atomic E-state index is 0.181. The Morgan fingerprint density at radius 3 is 2.48 bits per heavy atom. The zero-order valence-corrected chi connectivity index (χ0v) is 18.5. The summed E-state index contributed by atoms with van der Waals surface area (Å²) in [5.41, 5.74) is -3.03. The van der Waals surface area contributed by atoms with E-state index in [0.29, 0.717) is 6.42 Å². The van der Waals surface area contributed by atoms with Gasteiger partial charge in [-0.15, -0.1) is 0 Å². The molecule has 31 heavy (non-hydrogen) atoms. The van der Waals surface area contributed by atoms with E-state index in [4.69, 9.17) is 14.2 Å². The highest BCUT2D eigenvalue weighted by molar-refractivity contribution is 6.05. The normalized spacial score (nSPS) is 54.4. The summed E-state index contributed by atoms with van der Waals surface area (Å²) in [5.74, 6) is -5.36. The third-order valence-electron chi connectivity index (χ3n) is 9.31. The van der Waals surface area contributed by atoms with Crippen molar-refractivity contribution in [3.05, 3.63) is 12.2 Å². The summed E-state index contributed by atoms with van der Waals surface area (Å²) >= 11 is 0. The van der Waals surface area contributed by atoms with Crippen LogP contribution >= 0.6 is 0 Å². The van der Waals surface area contributed by atoms with Gasteiger partial charge in [0.25, 0.3) is 0 Å². The zero-order chi connectivity index (χ0) is 22.7. The molecule has 4 aliphatic carbocycles. The van der Waals surface area contributed by atoms with Gasteiger partial charge in [0.2, 0.25) is 5.79 Å². The van der Waals surface area contributed by atoms with Crippen molar-refractivity contribution < 1.29 is 39.1 Å². The Labute approximate surface area is 181 Å².